The van der Waals surface area contributed by atoms with Gasteiger partial charge in [0.1, 0.15) is 0 Å². The van der Waals surface area contributed by atoms with Crippen LogP contribution in [0.2, 0.25) is 0 Å². The normalized spacial score (nSPS) is 23.1. The van der Waals surface area contributed by atoms with Gasteiger partial charge in [0.25, 0.3) is 5.91 Å². The van der Waals surface area contributed by atoms with Crippen molar-refractivity contribution in [2.75, 3.05) is 45.8 Å². The highest BCUT2D eigenvalue weighted by molar-refractivity contribution is 5.91. The Morgan fingerprint density at radius 2 is 1.96 bits per heavy atom. The summed E-state index contributed by atoms with van der Waals surface area (Å²) in [5.41, 5.74) is 0. The van der Waals surface area contributed by atoms with E-state index in [0.29, 0.717) is 31.3 Å². The maximum absolute atomic E-state index is 12.4. The van der Waals surface area contributed by atoms with E-state index in [9.17, 15) is 9.59 Å². The molecule has 0 saturated carbocycles. The number of hydrogen-bond acceptors (Lipinski definition) is 4. The number of piperidine rings is 1. The molecule has 1 aromatic heterocycles. The van der Waals surface area contributed by atoms with Crippen LogP contribution in [0.4, 0.5) is 0 Å². The van der Waals surface area contributed by atoms with Gasteiger partial charge in [-0.05, 0) is 30.9 Å². The Kier molecular flexibility index (Phi) is 5.00. The highest BCUT2D eigenvalue weighted by Gasteiger charge is 2.27. The molecule has 2 aliphatic rings. The van der Waals surface area contributed by atoms with Crippen LogP contribution in [0.1, 0.15) is 30.3 Å². The standard InChI is InChI=1S/C17H25N3O3/c1-14-4-2-6-20(12-14)16(21)13-18-7-9-19(10-8-18)17(22)15-5-3-11-23-15/h3,5,11,14H,2,4,6-10,12-13H2,1H3/t14-/m0/s1. The van der Waals surface area contributed by atoms with Crippen molar-refractivity contribution in [3.05, 3.63) is 24.2 Å². The van der Waals surface area contributed by atoms with E-state index in [-0.39, 0.29) is 11.8 Å². The molecule has 1 atom stereocenters. The topological polar surface area (TPSA) is 57.0 Å². The second-order valence-electron chi connectivity index (χ2n) is 6.63. The molecule has 0 unspecified atom stereocenters. The zero-order valence-corrected chi connectivity index (χ0v) is 13.7. The molecule has 23 heavy (non-hydrogen) atoms. The highest BCUT2D eigenvalue weighted by Crippen LogP contribution is 2.16. The third-order valence-corrected chi connectivity index (χ3v) is 4.76. The second-order valence-corrected chi connectivity index (χ2v) is 6.63. The van der Waals surface area contributed by atoms with Crippen LogP contribution in [0.15, 0.2) is 22.8 Å². The summed E-state index contributed by atoms with van der Waals surface area (Å²) in [7, 11) is 0. The SMILES string of the molecule is C[C@H]1CCCN(C(=O)CN2CCN(C(=O)c3ccco3)CC2)C1. The Bertz CT molecular complexity index is 535. The van der Waals surface area contributed by atoms with Gasteiger partial charge in [-0.2, -0.15) is 0 Å². The van der Waals surface area contributed by atoms with Crippen molar-refractivity contribution < 1.29 is 14.0 Å². The van der Waals surface area contributed by atoms with Gasteiger partial charge in [-0.3, -0.25) is 14.5 Å². The number of carbonyl (C=O) groups excluding carboxylic acids is 2. The Balaban J connectivity index is 1.45. The summed E-state index contributed by atoms with van der Waals surface area (Å²) in [5, 5.41) is 0. The molecule has 2 aliphatic heterocycles. The van der Waals surface area contributed by atoms with Crippen LogP contribution >= 0.6 is 0 Å². The summed E-state index contributed by atoms with van der Waals surface area (Å²) in [5.74, 6) is 1.15. The zero-order valence-electron chi connectivity index (χ0n) is 13.7. The molecule has 0 spiro atoms. The molecule has 0 N–H and O–H groups in total. The average Bonchev–Trinajstić information content (AvgIpc) is 3.09. The number of furan rings is 1. The quantitative estimate of drug-likeness (QED) is 0.842. The first-order chi connectivity index (χ1) is 11.1. The van der Waals surface area contributed by atoms with Gasteiger partial charge in [-0.15, -0.1) is 0 Å². The predicted molar refractivity (Wildman–Crippen MR) is 86.0 cm³/mol. The lowest BCUT2D eigenvalue weighted by atomic mass is 10.0. The minimum absolute atomic E-state index is 0.0640. The molecule has 2 fully saturated rings. The number of piperazine rings is 1. The van der Waals surface area contributed by atoms with E-state index in [1.54, 1.807) is 17.0 Å². The minimum atomic E-state index is -0.0640. The number of likely N-dealkylation sites (tertiary alicyclic amines) is 1. The van der Waals surface area contributed by atoms with Gasteiger partial charge in [0.05, 0.1) is 12.8 Å². The molecule has 3 heterocycles. The number of nitrogens with zero attached hydrogens (tertiary/aromatic N) is 3. The maximum atomic E-state index is 12.4. The lowest BCUT2D eigenvalue weighted by molar-refractivity contribution is -0.134. The summed E-state index contributed by atoms with van der Waals surface area (Å²) < 4.78 is 5.16. The lowest BCUT2D eigenvalue weighted by Gasteiger charge is -2.36. The summed E-state index contributed by atoms with van der Waals surface area (Å²) in [4.78, 5) is 30.5. The fourth-order valence-electron chi connectivity index (χ4n) is 3.37. The summed E-state index contributed by atoms with van der Waals surface area (Å²) >= 11 is 0. The van der Waals surface area contributed by atoms with Crippen molar-refractivity contribution >= 4 is 11.8 Å². The number of rotatable bonds is 3. The Morgan fingerprint density at radius 3 is 2.61 bits per heavy atom. The van der Waals surface area contributed by atoms with Gasteiger partial charge >= 0.3 is 0 Å². The number of amides is 2. The first-order valence-corrected chi connectivity index (χ1v) is 8.46. The van der Waals surface area contributed by atoms with Gasteiger partial charge in [0, 0.05) is 39.3 Å². The smallest absolute Gasteiger partial charge is 0.289 e. The van der Waals surface area contributed by atoms with Crippen LogP contribution in [-0.4, -0.2) is 72.3 Å². The molecule has 0 radical (unpaired) electrons. The number of hydrogen-bond donors (Lipinski definition) is 0. The third-order valence-electron chi connectivity index (χ3n) is 4.76. The van der Waals surface area contributed by atoms with Gasteiger partial charge in [0.15, 0.2) is 5.76 Å². The minimum Gasteiger partial charge on any atom is -0.459 e. The molecule has 2 saturated heterocycles. The molecule has 3 rings (SSSR count). The van der Waals surface area contributed by atoms with Crippen LogP contribution in [0, 0.1) is 5.92 Å². The molecule has 0 aromatic carbocycles. The molecule has 6 nitrogen and oxygen atoms in total. The molecule has 6 heteroatoms. The van der Waals surface area contributed by atoms with E-state index in [1.165, 1.54) is 12.7 Å². The molecule has 0 bridgehead atoms. The highest BCUT2D eigenvalue weighted by atomic mass is 16.3. The van der Waals surface area contributed by atoms with Crippen LogP contribution in [0.25, 0.3) is 0 Å². The van der Waals surface area contributed by atoms with Crippen molar-refractivity contribution in [3.63, 3.8) is 0 Å². The van der Waals surface area contributed by atoms with Crippen molar-refractivity contribution in [3.8, 4) is 0 Å². The molecule has 0 aliphatic carbocycles. The van der Waals surface area contributed by atoms with Gasteiger partial charge in [0.2, 0.25) is 5.91 Å². The van der Waals surface area contributed by atoms with Crippen LogP contribution in [0.5, 0.6) is 0 Å². The van der Waals surface area contributed by atoms with E-state index in [4.69, 9.17) is 4.42 Å². The first-order valence-electron chi connectivity index (χ1n) is 8.46. The average molecular weight is 319 g/mol. The summed E-state index contributed by atoms with van der Waals surface area (Å²) in [6.45, 7) is 7.21. The van der Waals surface area contributed by atoms with E-state index >= 15 is 0 Å². The van der Waals surface area contributed by atoms with Crippen molar-refractivity contribution in [2.45, 2.75) is 19.8 Å². The van der Waals surface area contributed by atoms with Gasteiger partial charge < -0.3 is 14.2 Å². The second kappa shape index (κ2) is 7.17. The van der Waals surface area contributed by atoms with E-state index in [2.05, 4.69) is 11.8 Å². The molecular weight excluding hydrogens is 294 g/mol. The Morgan fingerprint density at radius 1 is 1.17 bits per heavy atom. The third kappa shape index (κ3) is 3.93. The zero-order chi connectivity index (χ0) is 16.2. The van der Waals surface area contributed by atoms with Crippen molar-refractivity contribution in [1.82, 2.24) is 14.7 Å². The van der Waals surface area contributed by atoms with E-state index < -0.39 is 0 Å². The van der Waals surface area contributed by atoms with Crippen LogP contribution in [0.3, 0.4) is 0 Å². The van der Waals surface area contributed by atoms with E-state index in [1.807, 2.05) is 4.90 Å². The molecular formula is C17H25N3O3. The fourth-order valence-corrected chi connectivity index (χ4v) is 3.37. The largest absolute Gasteiger partial charge is 0.459 e. The lowest BCUT2D eigenvalue weighted by Crippen LogP contribution is -2.52. The van der Waals surface area contributed by atoms with Crippen molar-refractivity contribution in [2.24, 2.45) is 5.92 Å². The predicted octanol–water partition coefficient (Wildman–Crippen LogP) is 1.30. The van der Waals surface area contributed by atoms with Gasteiger partial charge in [-0.1, -0.05) is 6.92 Å². The Hall–Kier alpha value is -1.82. The van der Waals surface area contributed by atoms with Crippen molar-refractivity contribution in [1.29, 1.82) is 0 Å². The summed E-state index contributed by atoms with van der Waals surface area (Å²) in [6.07, 6.45) is 3.84. The number of carbonyl (C=O) groups is 2. The van der Waals surface area contributed by atoms with E-state index in [0.717, 1.165) is 32.6 Å². The molecule has 2 amide bonds. The van der Waals surface area contributed by atoms with Crippen LogP contribution < -0.4 is 0 Å². The molecule has 1 aromatic rings. The Labute approximate surface area is 137 Å². The maximum Gasteiger partial charge on any atom is 0.289 e. The summed E-state index contributed by atoms with van der Waals surface area (Å²) in [6, 6.07) is 3.41. The van der Waals surface area contributed by atoms with Gasteiger partial charge in [-0.25, -0.2) is 0 Å². The fraction of sp³-hybridized carbons (Fsp3) is 0.647. The molecule has 126 valence electrons. The first kappa shape index (κ1) is 16.1. The monoisotopic (exact) mass is 319 g/mol. The van der Waals surface area contributed by atoms with Crippen LogP contribution in [-0.2, 0) is 4.79 Å².